The van der Waals surface area contributed by atoms with Gasteiger partial charge in [0.05, 0.1) is 13.7 Å². The van der Waals surface area contributed by atoms with Gasteiger partial charge in [0.25, 0.3) is 0 Å². The first-order valence-corrected chi connectivity index (χ1v) is 9.14. The summed E-state index contributed by atoms with van der Waals surface area (Å²) in [6.45, 7) is 2.79. The number of methoxy groups -OCH3 is 1. The molecule has 0 saturated heterocycles. The zero-order valence-electron chi connectivity index (χ0n) is 15.2. The Balaban J connectivity index is 1.90. The Morgan fingerprint density at radius 2 is 1.72 bits per heavy atom. The standard InChI is InChI=1S/C20H28O5/c1-3-4-5-6-7-8-9-10-14-24-15-12-11-13-16-17(15)18(21)19(23-2)20(22)25-16/h11-13,21H,3-10,14H2,1-2H3. The first-order valence-electron chi connectivity index (χ1n) is 9.14. The summed E-state index contributed by atoms with van der Waals surface area (Å²) in [5, 5.41) is 10.7. The molecule has 2 aromatic rings. The molecule has 1 heterocycles. The monoisotopic (exact) mass is 348 g/mol. The summed E-state index contributed by atoms with van der Waals surface area (Å²) >= 11 is 0. The Labute approximate surface area is 148 Å². The van der Waals surface area contributed by atoms with Gasteiger partial charge < -0.3 is 19.0 Å². The lowest BCUT2D eigenvalue weighted by Crippen LogP contribution is -2.05. The molecule has 0 bridgehead atoms. The minimum absolute atomic E-state index is 0.198. The van der Waals surface area contributed by atoms with Crippen LogP contribution in [0.2, 0.25) is 0 Å². The van der Waals surface area contributed by atoms with E-state index in [1.54, 1.807) is 18.2 Å². The number of fused-ring (bicyclic) bond motifs is 1. The lowest BCUT2D eigenvalue weighted by Gasteiger charge is -2.11. The van der Waals surface area contributed by atoms with Crippen molar-refractivity contribution in [2.24, 2.45) is 0 Å². The van der Waals surface area contributed by atoms with Crippen molar-refractivity contribution >= 4 is 11.0 Å². The molecule has 5 heteroatoms. The van der Waals surface area contributed by atoms with Crippen molar-refractivity contribution in [2.75, 3.05) is 13.7 Å². The number of hydrogen-bond acceptors (Lipinski definition) is 5. The van der Waals surface area contributed by atoms with E-state index in [0.29, 0.717) is 17.7 Å². The molecule has 0 aliphatic heterocycles. The summed E-state index contributed by atoms with van der Waals surface area (Å²) in [6, 6.07) is 5.12. The van der Waals surface area contributed by atoms with Crippen LogP contribution in [0.25, 0.3) is 11.0 Å². The van der Waals surface area contributed by atoms with Gasteiger partial charge in [-0.3, -0.25) is 0 Å². The van der Waals surface area contributed by atoms with Gasteiger partial charge in [-0.2, -0.15) is 0 Å². The highest BCUT2D eigenvalue weighted by atomic mass is 16.5. The normalized spacial score (nSPS) is 11.0. The van der Waals surface area contributed by atoms with Crippen molar-refractivity contribution in [1.82, 2.24) is 0 Å². The van der Waals surface area contributed by atoms with Crippen LogP contribution in [0.4, 0.5) is 0 Å². The Bertz CT molecular complexity index is 720. The van der Waals surface area contributed by atoms with Gasteiger partial charge in [-0.05, 0) is 18.6 Å². The third kappa shape index (κ3) is 5.15. The van der Waals surface area contributed by atoms with Crippen LogP contribution in [-0.4, -0.2) is 18.8 Å². The highest BCUT2D eigenvalue weighted by molar-refractivity contribution is 5.91. The van der Waals surface area contributed by atoms with Gasteiger partial charge in [0.2, 0.25) is 5.75 Å². The summed E-state index contributed by atoms with van der Waals surface area (Å²) < 4.78 is 15.9. The van der Waals surface area contributed by atoms with Crippen molar-refractivity contribution in [2.45, 2.75) is 58.3 Å². The maximum absolute atomic E-state index is 11.7. The Morgan fingerprint density at radius 1 is 1.04 bits per heavy atom. The van der Waals surface area contributed by atoms with Crippen LogP contribution < -0.4 is 15.1 Å². The maximum Gasteiger partial charge on any atom is 0.383 e. The average molecular weight is 348 g/mol. The first-order chi connectivity index (χ1) is 12.2. The molecule has 25 heavy (non-hydrogen) atoms. The summed E-state index contributed by atoms with van der Waals surface area (Å²) in [7, 11) is 1.32. The van der Waals surface area contributed by atoms with Crippen LogP contribution in [-0.2, 0) is 0 Å². The molecule has 0 radical (unpaired) electrons. The molecule has 0 amide bonds. The zero-order chi connectivity index (χ0) is 18.1. The highest BCUT2D eigenvalue weighted by Crippen LogP contribution is 2.37. The molecular weight excluding hydrogens is 320 g/mol. The zero-order valence-corrected chi connectivity index (χ0v) is 15.2. The fourth-order valence-electron chi connectivity index (χ4n) is 2.90. The number of rotatable bonds is 11. The first kappa shape index (κ1) is 19.2. The van der Waals surface area contributed by atoms with Crippen LogP contribution in [0.1, 0.15) is 58.3 Å². The van der Waals surface area contributed by atoms with Crippen molar-refractivity contribution in [1.29, 1.82) is 0 Å². The molecule has 1 aromatic heterocycles. The topological polar surface area (TPSA) is 68.9 Å². The van der Waals surface area contributed by atoms with E-state index in [4.69, 9.17) is 13.9 Å². The summed E-state index contributed by atoms with van der Waals surface area (Å²) in [4.78, 5) is 11.7. The number of unbranched alkanes of at least 4 members (excludes halogenated alkanes) is 7. The predicted octanol–water partition coefficient (Wildman–Crippen LogP) is 5.03. The molecule has 0 fully saturated rings. The van der Waals surface area contributed by atoms with E-state index in [0.717, 1.165) is 12.8 Å². The third-order valence-corrected chi connectivity index (χ3v) is 4.29. The predicted molar refractivity (Wildman–Crippen MR) is 98.8 cm³/mol. The van der Waals surface area contributed by atoms with Gasteiger partial charge in [-0.25, -0.2) is 4.79 Å². The molecule has 2 rings (SSSR count). The number of hydrogen-bond donors (Lipinski definition) is 1. The minimum atomic E-state index is -0.701. The van der Waals surface area contributed by atoms with Crippen molar-refractivity contribution in [3.63, 3.8) is 0 Å². The van der Waals surface area contributed by atoms with E-state index >= 15 is 0 Å². The number of aromatic hydroxyl groups is 1. The van der Waals surface area contributed by atoms with E-state index in [9.17, 15) is 9.90 Å². The van der Waals surface area contributed by atoms with E-state index in [-0.39, 0.29) is 17.1 Å². The molecular formula is C20H28O5. The molecule has 0 atom stereocenters. The number of benzene rings is 1. The highest BCUT2D eigenvalue weighted by Gasteiger charge is 2.17. The SMILES string of the molecule is CCCCCCCCCCOc1cccc2oc(=O)c(OC)c(O)c12. The van der Waals surface area contributed by atoms with Crippen LogP contribution in [0.15, 0.2) is 27.4 Å². The molecule has 5 nitrogen and oxygen atoms in total. The smallest absolute Gasteiger partial charge is 0.383 e. The Kier molecular flexibility index (Phi) is 7.64. The second-order valence-corrected chi connectivity index (χ2v) is 6.22. The van der Waals surface area contributed by atoms with E-state index in [1.165, 1.54) is 45.6 Å². The van der Waals surface area contributed by atoms with Crippen LogP contribution in [0, 0.1) is 0 Å². The van der Waals surface area contributed by atoms with Gasteiger partial charge >= 0.3 is 5.63 Å². The molecule has 0 unspecified atom stereocenters. The summed E-state index contributed by atoms with van der Waals surface area (Å²) in [5.41, 5.74) is -0.413. The molecule has 0 aliphatic rings. The quantitative estimate of drug-likeness (QED) is 0.456. The molecule has 0 spiro atoms. The molecule has 1 N–H and O–H groups in total. The minimum Gasteiger partial charge on any atom is -0.503 e. The Morgan fingerprint density at radius 3 is 2.40 bits per heavy atom. The maximum atomic E-state index is 11.7. The fraction of sp³-hybridized carbons (Fsp3) is 0.550. The third-order valence-electron chi connectivity index (χ3n) is 4.29. The second kappa shape index (κ2) is 9.97. The lowest BCUT2D eigenvalue weighted by molar-refractivity contribution is 0.304. The molecule has 0 aliphatic carbocycles. The van der Waals surface area contributed by atoms with Crippen LogP contribution in [0.3, 0.4) is 0 Å². The molecule has 138 valence electrons. The van der Waals surface area contributed by atoms with Crippen LogP contribution >= 0.6 is 0 Å². The lowest BCUT2D eigenvalue weighted by atomic mass is 10.1. The van der Waals surface area contributed by atoms with Crippen molar-refractivity contribution in [3.05, 3.63) is 28.6 Å². The van der Waals surface area contributed by atoms with Gasteiger partial charge in [0, 0.05) is 0 Å². The average Bonchev–Trinajstić information content (AvgIpc) is 2.60. The summed E-state index contributed by atoms with van der Waals surface area (Å²) in [5.74, 6) is 0.0656. The largest absolute Gasteiger partial charge is 0.503 e. The van der Waals surface area contributed by atoms with Gasteiger partial charge in [0.1, 0.15) is 16.7 Å². The second-order valence-electron chi connectivity index (χ2n) is 6.22. The van der Waals surface area contributed by atoms with E-state index in [2.05, 4.69) is 6.92 Å². The van der Waals surface area contributed by atoms with Crippen LogP contribution in [0.5, 0.6) is 17.2 Å². The van der Waals surface area contributed by atoms with Gasteiger partial charge in [0.15, 0.2) is 5.75 Å². The summed E-state index contributed by atoms with van der Waals surface area (Å²) in [6.07, 6.45) is 9.82. The van der Waals surface area contributed by atoms with E-state index < -0.39 is 5.63 Å². The number of ether oxygens (including phenoxy) is 2. The van der Waals surface area contributed by atoms with Gasteiger partial charge in [-0.1, -0.05) is 57.9 Å². The van der Waals surface area contributed by atoms with E-state index in [1.807, 2.05) is 0 Å². The molecule has 0 saturated carbocycles. The Hall–Kier alpha value is -2.17. The molecule has 1 aromatic carbocycles. The van der Waals surface area contributed by atoms with Crippen molar-refractivity contribution in [3.8, 4) is 17.2 Å². The fourth-order valence-corrected chi connectivity index (χ4v) is 2.90. The van der Waals surface area contributed by atoms with Gasteiger partial charge in [-0.15, -0.1) is 0 Å². The van der Waals surface area contributed by atoms with Crippen molar-refractivity contribution < 1.29 is 19.0 Å².